The average Bonchev–Trinajstić information content (AvgIpc) is 3.33. The van der Waals surface area contributed by atoms with Gasteiger partial charge in [0.2, 0.25) is 0 Å². The van der Waals surface area contributed by atoms with Crippen LogP contribution < -0.4 is 5.32 Å². The molecule has 0 aliphatic rings. The number of hydrogen-bond acceptors (Lipinski definition) is 7. The van der Waals surface area contributed by atoms with Gasteiger partial charge in [0, 0.05) is 17.1 Å². The number of thiophene rings is 1. The van der Waals surface area contributed by atoms with E-state index in [0.29, 0.717) is 22.3 Å². The maximum atomic E-state index is 13.2. The van der Waals surface area contributed by atoms with Gasteiger partial charge in [-0.25, -0.2) is 9.67 Å². The number of pyridine rings is 2. The Kier molecular flexibility index (Phi) is 5.00. The van der Waals surface area contributed by atoms with E-state index >= 15 is 0 Å². The van der Waals surface area contributed by atoms with Crippen molar-refractivity contribution in [2.75, 3.05) is 5.32 Å². The Morgan fingerprint density at radius 3 is 2.73 bits per heavy atom. The molecule has 0 unspecified atom stereocenters. The number of nitrogens with one attached hydrogen (secondary N) is 1. The lowest BCUT2D eigenvalue weighted by Gasteiger charge is -2.10. The van der Waals surface area contributed by atoms with Crippen molar-refractivity contribution in [2.24, 2.45) is 0 Å². The lowest BCUT2D eigenvalue weighted by molar-refractivity contribution is -0.384. The van der Waals surface area contributed by atoms with Crippen LogP contribution in [0.25, 0.3) is 21.6 Å². The molecule has 0 radical (unpaired) electrons. The van der Waals surface area contributed by atoms with Crippen molar-refractivity contribution in [1.29, 1.82) is 0 Å². The third kappa shape index (κ3) is 3.52. The zero-order valence-electron chi connectivity index (χ0n) is 16.5. The van der Waals surface area contributed by atoms with Crippen molar-refractivity contribution in [3.63, 3.8) is 0 Å². The Morgan fingerprint density at radius 1 is 1.27 bits per heavy atom. The minimum absolute atomic E-state index is 0.0486. The Labute approximate surface area is 175 Å². The largest absolute Gasteiger partial charge is 0.316 e. The highest BCUT2D eigenvalue weighted by Gasteiger charge is 2.22. The summed E-state index contributed by atoms with van der Waals surface area (Å²) >= 11 is 1.58. The summed E-state index contributed by atoms with van der Waals surface area (Å²) in [6, 6.07) is 7.09. The summed E-state index contributed by atoms with van der Waals surface area (Å²) in [5.74, 6) is -0.477. The van der Waals surface area contributed by atoms with E-state index in [1.54, 1.807) is 28.3 Å². The number of hydrogen-bond donors (Lipinski definition) is 1. The fourth-order valence-corrected chi connectivity index (χ4v) is 3.94. The molecule has 10 heteroatoms. The van der Waals surface area contributed by atoms with Crippen molar-refractivity contribution in [3.8, 4) is 10.6 Å². The molecule has 152 valence electrons. The van der Waals surface area contributed by atoms with Gasteiger partial charge in [-0.1, -0.05) is 0 Å². The second kappa shape index (κ2) is 7.64. The van der Waals surface area contributed by atoms with E-state index in [4.69, 9.17) is 4.98 Å². The summed E-state index contributed by atoms with van der Waals surface area (Å²) in [4.78, 5) is 34.4. The molecule has 1 N–H and O–H groups in total. The second-order valence-electron chi connectivity index (χ2n) is 6.99. The first-order chi connectivity index (χ1) is 14.3. The first-order valence-corrected chi connectivity index (χ1v) is 10.0. The van der Waals surface area contributed by atoms with Crippen molar-refractivity contribution < 1.29 is 9.72 Å². The molecule has 0 atom stereocenters. The van der Waals surface area contributed by atoms with Crippen LogP contribution >= 0.6 is 11.3 Å². The molecule has 0 saturated heterocycles. The molecule has 0 aliphatic carbocycles. The fourth-order valence-electron chi connectivity index (χ4n) is 3.11. The molecule has 0 spiro atoms. The number of aromatic nitrogens is 4. The van der Waals surface area contributed by atoms with Gasteiger partial charge in [-0.3, -0.25) is 19.9 Å². The van der Waals surface area contributed by atoms with Crippen LogP contribution in [0.4, 0.5) is 11.4 Å². The van der Waals surface area contributed by atoms with Gasteiger partial charge in [-0.2, -0.15) is 5.10 Å². The van der Waals surface area contributed by atoms with Gasteiger partial charge in [0.05, 0.1) is 32.6 Å². The molecule has 9 nitrogen and oxygen atoms in total. The van der Waals surface area contributed by atoms with Gasteiger partial charge >= 0.3 is 5.69 Å². The Bertz CT molecular complexity index is 1280. The predicted molar refractivity (Wildman–Crippen MR) is 115 cm³/mol. The van der Waals surface area contributed by atoms with E-state index in [-0.39, 0.29) is 17.4 Å². The third-order valence-corrected chi connectivity index (χ3v) is 5.56. The van der Waals surface area contributed by atoms with E-state index < -0.39 is 10.8 Å². The summed E-state index contributed by atoms with van der Waals surface area (Å²) in [6.07, 6.45) is 4.09. The standard InChI is InChI=1S/C20H18N6O3S/c1-11(2)25-19-14(9-22-25)13(8-16(23-19)18-5-4-12(3)30-18)20(27)24-15-6-7-21-10-17(15)26(28)29/h4-11H,1-3H3,(H,21,24,27). The van der Waals surface area contributed by atoms with Gasteiger partial charge in [0.25, 0.3) is 5.91 Å². The number of nitrogens with zero attached hydrogens (tertiary/aromatic N) is 5. The number of rotatable bonds is 5. The Balaban J connectivity index is 1.85. The minimum Gasteiger partial charge on any atom is -0.316 e. The first-order valence-electron chi connectivity index (χ1n) is 9.20. The number of fused-ring (bicyclic) bond motifs is 1. The summed E-state index contributed by atoms with van der Waals surface area (Å²) in [5.41, 5.74) is 1.39. The van der Waals surface area contributed by atoms with Crippen molar-refractivity contribution >= 4 is 39.7 Å². The highest BCUT2D eigenvalue weighted by Crippen LogP contribution is 2.31. The van der Waals surface area contributed by atoms with E-state index in [1.165, 1.54) is 12.3 Å². The van der Waals surface area contributed by atoms with E-state index in [9.17, 15) is 14.9 Å². The zero-order valence-corrected chi connectivity index (χ0v) is 17.3. The van der Waals surface area contributed by atoms with Crippen LogP contribution in [0, 0.1) is 17.0 Å². The van der Waals surface area contributed by atoms with Gasteiger partial charge in [-0.05, 0) is 45.0 Å². The van der Waals surface area contributed by atoms with Gasteiger partial charge < -0.3 is 5.32 Å². The molecule has 4 aromatic rings. The molecule has 0 fully saturated rings. The maximum Gasteiger partial charge on any atom is 0.310 e. The van der Waals surface area contributed by atoms with Crippen LogP contribution in [0.1, 0.15) is 35.1 Å². The maximum absolute atomic E-state index is 13.2. The molecule has 0 aliphatic heterocycles. The molecule has 0 saturated carbocycles. The molecule has 0 aromatic carbocycles. The topological polar surface area (TPSA) is 116 Å². The molecular formula is C20H18N6O3S. The van der Waals surface area contributed by atoms with Crippen molar-refractivity contribution in [2.45, 2.75) is 26.8 Å². The highest BCUT2D eigenvalue weighted by molar-refractivity contribution is 7.15. The zero-order chi connectivity index (χ0) is 21.4. The average molecular weight is 422 g/mol. The predicted octanol–water partition coefficient (Wildman–Crippen LogP) is 4.60. The van der Waals surface area contributed by atoms with Gasteiger partial charge in [-0.15, -0.1) is 11.3 Å². The van der Waals surface area contributed by atoms with Gasteiger partial charge in [0.1, 0.15) is 11.9 Å². The molecule has 1 amide bonds. The Morgan fingerprint density at radius 2 is 2.07 bits per heavy atom. The SMILES string of the molecule is Cc1ccc(-c2cc(C(=O)Nc3ccncc3[N+](=O)[O-])c3cnn(C(C)C)c3n2)s1. The quantitative estimate of drug-likeness (QED) is 0.371. The molecule has 4 rings (SSSR count). The summed E-state index contributed by atoms with van der Waals surface area (Å²) in [5, 5.41) is 18.9. The molecule has 0 bridgehead atoms. The van der Waals surface area contributed by atoms with Crippen molar-refractivity contribution in [3.05, 3.63) is 63.4 Å². The number of anilines is 1. The second-order valence-corrected chi connectivity index (χ2v) is 8.28. The normalized spacial score (nSPS) is 11.2. The molecule has 30 heavy (non-hydrogen) atoms. The third-order valence-electron chi connectivity index (χ3n) is 4.54. The lowest BCUT2D eigenvalue weighted by atomic mass is 10.1. The van der Waals surface area contributed by atoms with E-state index in [0.717, 1.165) is 16.0 Å². The van der Waals surface area contributed by atoms with Crippen LogP contribution in [0.3, 0.4) is 0 Å². The molecule has 4 heterocycles. The van der Waals surface area contributed by atoms with E-state index in [1.807, 2.05) is 32.9 Å². The lowest BCUT2D eigenvalue weighted by Crippen LogP contribution is -2.14. The van der Waals surface area contributed by atoms with Crippen molar-refractivity contribution in [1.82, 2.24) is 19.7 Å². The smallest absolute Gasteiger partial charge is 0.310 e. The number of amides is 1. The Hall–Kier alpha value is -3.66. The monoisotopic (exact) mass is 422 g/mol. The molecular weight excluding hydrogens is 404 g/mol. The number of aryl methyl sites for hydroxylation is 1. The van der Waals surface area contributed by atoms with Crippen LogP contribution in [0.5, 0.6) is 0 Å². The molecule has 4 aromatic heterocycles. The van der Waals surface area contributed by atoms with E-state index in [2.05, 4.69) is 15.4 Å². The minimum atomic E-state index is -0.582. The fraction of sp³-hybridized carbons (Fsp3) is 0.200. The summed E-state index contributed by atoms with van der Waals surface area (Å²) in [7, 11) is 0. The number of nitro groups is 1. The van der Waals surface area contributed by atoms with Crippen LogP contribution in [0.2, 0.25) is 0 Å². The van der Waals surface area contributed by atoms with Crippen LogP contribution in [0.15, 0.2) is 42.9 Å². The first kappa shape index (κ1) is 19.6. The number of carbonyl (C=O) groups is 1. The van der Waals surface area contributed by atoms with Crippen LogP contribution in [-0.4, -0.2) is 30.6 Å². The highest BCUT2D eigenvalue weighted by atomic mass is 32.1. The van der Waals surface area contributed by atoms with Crippen LogP contribution in [-0.2, 0) is 0 Å². The summed E-state index contributed by atoms with van der Waals surface area (Å²) < 4.78 is 1.75. The summed E-state index contributed by atoms with van der Waals surface area (Å²) in [6.45, 7) is 5.97. The number of carbonyl (C=O) groups excluding carboxylic acids is 1. The van der Waals surface area contributed by atoms with Gasteiger partial charge in [0.15, 0.2) is 5.65 Å².